The van der Waals surface area contributed by atoms with E-state index in [0.29, 0.717) is 12.6 Å². The van der Waals surface area contributed by atoms with Crippen LogP contribution in [-0.2, 0) is 19.5 Å². The van der Waals surface area contributed by atoms with Gasteiger partial charge in [0.05, 0.1) is 12.1 Å². The fourth-order valence-electron chi connectivity index (χ4n) is 5.64. The van der Waals surface area contributed by atoms with Gasteiger partial charge in [-0.2, -0.15) is 0 Å². The highest BCUT2D eigenvalue weighted by Crippen LogP contribution is 2.34. The van der Waals surface area contributed by atoms with Crippen molar-refractivity contribution in [1.29, 1.82) is 0 Å². The molecule has 1 N–H and O–H groups in total. The number of tetrazole rings is 1. The smallest absolute Gasteiger partial charge is 0.252 e. The Hall–Kier alpha value is -3.32. The lowest BCUT2D eigenvalue weighted by Crippen LogP contribution is -2.33. The third-order valence-electron chi connectivity index (χ3n) is 7.76. The molecule has 194 valence electrons. The van der Waals surface area contributed by atoms with Crippen molar-refractivity contribution in [2.45, 2.75) is 90.9 Å². The first-order chi connectivity index (χ1) is 18.1. The van der Waals surface area contributed by atoms with Crippen molar-refractivity contribution in [3.63, 3.8) is 0 Å². The molecule has 0 saturated heterocycles. The molecule has 4 aromatic rings. The third-order valence-corrected chi connectivity index (χ3v) is 7.76. The minimum atomic E-state index is -0.0312. The Kier molecular flexibility index (Phi) is 7.79. The first-order valence-corrected chi connectivity index (χ1v) is 13.8. The van der Waals surface area contributed by atoms with Crippen LogP contribution in [0.25, 0.3) is 10.9 Å². The van der Waals surface area contributed by atoms with Crippen molar-refractivity contribution in [2.75, 3.05) is 0 Å². The fourth-order valence-corrected chi connectivity index (χ4v) is 5.64. The SMILES string of the molecule is CCC[C@@H](c1nnnn1C1CCCC1)N(Cc1ccc(C)cc1)Cc1cc2cc(CC)ccc2[nH]c1=O. The van der Waals surface area contributed by atoms with Crippen LogP contribution in [0.1, 0.15) is 92.5 Å². The van der Waals surface area contributed by atoms with E-state index < -0.39 is 0 Å². The predicted molar refractivity (Wildman–Crippen MR) is 147 cm³/mol. The molecule has 0 aliphatic heterocycles. The Morgan fingerprint density at radius 3 is 2.51 bits per heavy atom. The van der Waals surface area contributed by atoms with E-state index in [-0.39, 0.29) is 11.6 Å². The molecule has 2 aromatic carbocycles. The van der Waals surface area contributed by atoms with Gasteiger partial charge in [0.2, 0.25) is 0 Å². The molecule has 7 heteroatoms. The molecular weight excluding hydrogens is 460 g/mol. The lowest BCUT2D eigenvalue weighted by atomic mass is 10.0. The van der Waals surface area contributed by atoms with Crippen LogP contribution in [0.15, 0.2) is 53.3 Å². The molecule has 0 spiro atoms. The van der Waals surface area contributed by atoms with Gasteiger partial charge in [-0.05, 0) is 77.7 Å². The highest BCUT2D eigenvalue weighted by molar-refractivity contribution is 5.79. The van der Waals surface area contributed by atoms with E-state index in [1.54, 1.807) is 0 Å². The predicted octanol–water partition coefficient (Wildman–Crippen LogP) is 6.04. The summed E-state index contributed by atoms with van der Waals surface area (Å²) in [6, 6.07) is 17.4. The quantitative estimate of drug-likeness (QED) is 0.288. The number of nitrogens with zero attached hydrogens (tertiary/aromatic N) is 5. The van der Waals surface area contributed by atoms with Gasteiger partial charge in [0.1, 0.15) is 0 Å². The zero-order chi connectivity index (χ0) is 25.8. The number of hydrogen-bond acceptors (Lipinski definition) is 5. The molecule has 0 amide bonds. The molecule has 1 aliphatic rings. The molecule has 1 aliphatic carbocycles. The molecule has 7 nitrogen and oxygen atoms in total. The second-order valence-corrected chi connectivity index (χ2v) is 10.5. The molecule has 0 radical (unpaired) electrons. The molecule has 1 atom stereocenters. The maximum Gasteiger partial charge on any atom is 0.252 e. The van der Waals surface area contributed by atoms with E-state index in [9.17, 15) is 4.79 Å². The van der Waals surface area contributed by atoms with Crippen molar-refractivity contribution < 1.29 is 0 Å². The Labute approximate surface area is 218 Å². The second-order valence-electron chi connectivity index (χ2n) is 10.5. The number of aromatic nitrogens is 5. The van der Waals surface area contributed by atoms with Crippen LogP contribution in [0.5, 0.6) is 0 Å². The van der Waals surface area contributed by atoms with Gasteiger partial charge in [-0.3, -0.25) is 9.69 Å². The zero-order valence-electron chi connectivity index (χ0n) is 22.3. The zero-order valence-corrected chi connectivity index (χ0v) is 22.3. The molecule has 1 fully saturated rings. The van der Waals surface area contributed by atoms with Gasteiger partial charge in [-0.1, -0.05) is 69.0 Å². The molecule has 5 rings (SSSR count). The Balaban J connectivity index is 1.55. The number of aromatic amines is 1. The van der Waals surface area contributed by atoms with E-state index in [0.717, 1.165) is 60.9 Å². The highest BCUT2D eigenvalue weighted by Gasteiger charge is 2.30. The van der Waals surface area contributed by atoms with Gasteiger partial charge in [-0.25, -0.2) is 4.68 Å². The Morgan fingerprint density at radius 2 is 1.78 bits per heavy atom. The second kappa shape index (κ2) is 11.4. The average molecular weight is 499 g/mol. The fraction of sp³-hybridized carbons (Fsp3) is 0.467. The number of aryl methyl sites for hydroxylation is 2. The normalized spacial score (nSPS) is 15.1. The van der Waals surface area contributed by atoms with Crippen molar-refractivity contribution in [2.24, 2.45) is 0 Å². The van der Waals surface area contributed by atoms with Crippen LogP contribution in [-0.4, -0.2) is 30.1 Å². The monoisotopic (exact) mass is 498 g/mol. The molecule has 0 bridgehead atoms. The minimum absolute atomic E-state index is 0.0129. The summed E-state index contributed by atoms with van der Waals surface area (Å²) < 4.78 is 2.08. The van der Waals surface area contributed by atoms with Crippen LogP contribution >= 0.6 is 0 Å². The van der Waals surface area contributed by atoms with Crippen molar-refractivity contribution in [1.82, 2.24) is 30.1 Å². The number of H-pyrrole nitrogens is 1. The van der Waals surface area contributed by atoms with E-state index in [2.05, 4.69) is 93.3 Å². The van der Waals surface area contributed by atoms with Crippen LogP contribution in [0.3, 0.4) is 0 Å². The van der Waals surface area contributed by atoms with Crippen LogP contribution in [0, 0.1) is 6.92 Å². The number of rotatable bonds is 10. The van der Waals surface area contributed by atoms with Crippen molar-refractivity contribution in [3.05, 3.63) is 87.0 Å². The molecule has 2 heterocycles. The summed E-state index contributed by atoms with van der Waals surface area (Å²) in [5, 5.41) is 14.2. The maximum absolute atomic E-state index is 13.2. The summed E-state index contributed by atoms with van der Waals surface area (Å²) >= 11 is 0. The summed E-state index contributed by atoms with van der Waals surface area (Å²) in [4.78, 5) is 18.8. The van der Waals surface area contributed by atoms with Gasteiger partial charge in [0, 0.05) is 24.2 Å². The van der Waals surface area contributed by atoms with Crippen LogP contribution < -0.4 is 5.56 Å². The standard InChI is InChI=1S/C30H38N6O/c1-4-8-28(29-32-33-34-36(29)26-9-6-7-10-26)35(19-23-13-11-21(3)12-14-23)20-25-18-24-17-22(5-2)15-16-27(24)31-30(25)37/h11-18,26,28H,4-10,19-20H2,1-3H3,(H,31,37)/t28-/m0/s1. The van der Waals surface area contributed by atoms with Crippen LogP contribution in [0.4, 0.5) is 0 Å². The Morgan fingerprint density at radius 1 is 1.03 bits per heavy atom. The first kappa shape index (κ1) is 25.3. The van der Waals surface area contributed by atoms with Gasteiger partial charge in [0.25, 0.3) is 5.56 Å². The number of hydrogen-bond donors (Lipinski definition) is 1. The molecule has 1 saturated carbocycles. The van der Waals surface area contributed by atoms with Gasteiger partial charge in [0.15, 0.2) is 5.82 Å². The Bertz CT molecular complexity index is 1380. The average Bonchev–Trinajstić information content (AvgIpc) is 3.60. The number of nitrogens with one attached hydrogen (secondary N) is 1. The number of fused-ring (bicyclic) bond motifs is 1. The van der Waals surface area contributed by atoms with Gasteiger partial charge >= 0.3 is 0 Å². The lowest BCUT2D eigenvalue weighted by molar-refractivity contribution is 0.153. The van der Waals surface area contributed by atoms with Crippen LogP contribution in [0.2, 0.25) is 0 Å². The lowest BCUT2D eigenvalue weighted by Gasteiger charge is -2.31. The number of benzene rings is 2. The first-order valence-electron chi connectivity index (χ1n) is 13.8. The summed E-state index contributed by atoms with van der Waals surface area (Å²) in [5.41, 5.74) is 5.35. The molecule has 0 unspecified atom stereocenters. The topological polar surface area (TPSA) is 79.7 Å². The van der Waals surface area contributed by atoms with Crippen molar-refractivity contribution in [3.8, 4) is 0 Å². The largest absolute Gasteiger partial charge is 0.322 e. The minimum Gasteiger partial charge on any atom is -0.322 e. The molecule has 37 heavy (non-hydrogen) atoms. The van der Waals surface area contributed by atoms with E-state index >= 15 is 0 Å². The number of pyridine rings is 1. The summed E-state index contributed by atoms with van der Waals surface area (Å²) in [6.07, 6.45) is 7.58. The highest BCUT2D eigenvalue weighted by atomic mass is 16.1. The van der Waals surface area contributed by atoms with Gasteiger partial charge < -0.3 is 4.98 Å². The molecule has 2 aromatic heterocycles. The summed E-state index contributed by atoms with van der Waals surface area (Å²) in [6.45, 7) is 7.71. The van der Waals surface area contributed by atoms with Crippen molar-refractivity contribution >= 4 is 10.9 Å². The summed E-state index contributed by atoms with van der Waals surface area (Å²) in [5.74, 6) is 0.923. The summed E-state index contributed by atoms with van der Waals surface area (Å²) in [7, 11) is 0. The van der Waals surface area contributed by atoms with E-state index in [4.69, 9.17) is 0 Å². The third kappa shape index (κ3) is 5.67. The van der Waals surface area contributed by atoms with E-state index in [1.807, 2.05) is 6.07 Å². The van der Waals surface area contributed by atoms with Gasteiger partial charge in [-0.15, -0.1) is 5.10 Å². The maximum atomic E-state index is 13.2. The molecular formula is C30H38N6O. The van der Waals surface area contributed by atoms with E-state index in [1.165, 1.54) is 29.5 Å².